The first-order valence-corrected chi connectivity index (χ1v) is 6.75. The molecule has 0 fully saturated rings. The van der Waals surface area contributed by atoms with Crippen LogP contribution in [0.25, 0.3) is 32.8 Å². The summed E-state index contributed by atoms with van der Waals surface area (Å²) in [5, 5.41) is 3.66. The Morgan fingerprint density at radius 1 is 0.600 bits per heavy atom. The second kappa shape index (κ2) is 4.46. The van der Waals surface area contributed by atoms with Crippen molar-refractivity contribution in [2.45, 2.75) is 0 Å². The van der Waals surface area contributed by atoms with Gasteiger partial charge in [0, 0.05) is 17.0 Å². The molecular weight excluding hydrogens is 242 g/mol. The largest absolute Gasteiger partial charge is 0.256 e. The Morgan fingerprint density at radius 2 is 1.40 bits per heavy atom. The van der Waals surface area contributed by atoms with Gasteiger partial charge in [-0.1, -0.05) is 66.7 Å². The van der Waals surface area contributed by atoms with E-state index in [0.717, 1.165) is 5.52 Å². The maximum absolute atomic E-state index is 4.60. The van der Waals surface area contributed by atoms with E-state index in [1.54, 1.807) is 0 Å². The predicted octanol–water partition coefficient (Wildman–Crippen LogP) is 5.06. The van der Waals surface area contributed by atoms with Gasteiger partial charge in [-0.3, -0.25) is 4.98 Å². The summed E-state index contributed by atoms with van der Waals surface area (Å²) in [4.78, 5) is 4.60. The molecule has 94 valence electrons. The molecule has 0 bridgehead atoms. The lowest BCUT2D eigenvalue weighted by Gasteiger charge is -2.06. The molecule has 4 aromatic rings. The number of benzene rings is 3. The smallest absolute Gasteiger partial charge is 0.0714 e. The Bertz CT molecular complexity index is 895. The van der Waals surface area contributed by atoms with Crippen LogP contribution >= 0.6 is 0 Å². The third kappa shape index (κ3) is 1.76. The number of aromatic nitrogens is 1. The van der Waals surface area contributed by atoms with Crippen LogP contribution < -0.4 is 0 Å². The van der Waals surface area contributed by atoms with E-state index in [1.165, 1.54) is 27.3 Å². The molecule has 1 nitrogen and oxygen atoms in total. The Hall–Kier alpha value is -2.67. The average molecular weight is 255 g/mol. The molecule has 0 amide bonds. The quantitative estimate of drug-likeness (QED) is 0.433. The van der Waals surface area contributed by atoms with Crippen molar-refractivity contribution in [1.29, 1.82) is 0 Å². The summed E-state index contributed by atoms with van der Waals surface area (Å²) in [6, 6.07) is 25.3. The van der Waals surface area contributed by atoms with Gasteiger partial charge in [-0.05, 0) is 22.6 Å². The fourth-order valence-corrected chi connectivity index (χ4v) is 2.67. The van der Waals surface area contributed by atoms with Gasteiger partial charge in [0.05, 0.1) is 5.52 Å². The highest BCUT2D eigenvalue weighted by molar-refractivity contribution is 6.06. The van der Waals surface area contributed by atoms with Gasteiger partial charge in [0.2, 0.25) is 0 Å². The molecule has 0 radical (unpaired) electrons. The molecule has 1 aromatic heterocycles. The summed E-state index contributed by atoms with van der Waals surface area (Å²) in [5.41, 5.74) is 3.48. The molecule has 0 spiro atoms. The van der Waals surface area contributed by atoms with Crippen LogP contribution in [0, 0.1) is 0 Å². The Balaban J connectivity index is 1.99. The Kier molecular flexibility index (Phi) is 2.49. The lowest BCUT2D eigenvalue weighted by Crippen LogP contribution is -1.84. The van der Waals surface area contributed by atoms with Crippen molar-refractivity contribution in [3.8, 4) is 11.1 Å². The predicted molar refractivity (Wildman–Crippen MR) is 84.7 cm³/mol. The summed E-state index contributed by atoms with van der Waals surface area (Å²) < 4.78 is 0. The maximum atomic E-state index is 4.60. The molecule has 1 heterocycles. The van der Waals surface area contributed by atoms with Gasteiger partial charge < -0.3 is 0 Å². The third-order valence-electron chi connectivity index (χ3n) is 3.70. The van der Waals surface area contributed by atoms with Crippen molar-refractivity contribution in [2.75, 3.05) is 0 Å². The normalized spacial score (nSPS) is 11.0. The number of hydrogen-bond acceptors (Lipinski definition) is 1. The molecule has 20 heavy (non-hydrogen) atoms. The minimum atomic E-state index is 1.05. The van der Waals surface area contributed by atoms with E-state index in [9.17, 15) is 0 Å². The first kappa shape index (κ1) is 11.2. The molecule has 0 aliphatic heterocycles. The Labute approximate surface area is 117 Å². The van der Waals surface area contributed by atoms with Crippen LogP contribution in [0.3, 0.4) is 0 Å². The molecule has 0 atom stereocenters. The van der Waals surface area contributed by atoms with Gasteiger partial charge in [0.25, 0.3) is 0 Å². The molecule has 0 unspecified atom stereocenters. The summed E-state index contributed by atoms with van der Waals surface area (Å²) in [7, 11) is 0. The Morgan fingerprint density at radius 3 is 2.30 bits per heavy atom. The fraction of sp³-hybridized carbons (Fsp3) is 0. The summed E-state index contributed by atoms with van der Waals surface area (Å²) in [6.45, 7) is 0. The zero-order valence-corrected chi connectivity index (χ0v) is 11.0. The van der Waals surface area contributed by atoms with Gasteiger partial charge >= 0.3 is 0 Å². The molecule has 3 aromatic carbocycles. The number of rotatable bonds is 1. The SMILES string of the molecule is c1ccc(-c2ccc3c(c2)ncc2ccccc23)cc1. The molecular formula is C19H13N. The minimum Gasteiger partial charge on any atom is -0.256 e. The number of pyridine rings is 1. The summed E-state index contributed by atoms with van der Waals surface area (Å²) >= 11 is 0. The second-order valence-electron chi connectivity index (χ2n) is 4.94. The molecule has 4 rings (SSSR count). The van der Waals surface area contributed by atoms with E-state index < -0.39 is 0 Å². The van der Waals surface area contributed by atoms with Gasteiger partial charge in [-0.2, -0.15) is 0 Å². The number of fused-ring (bicyclic) bond motifs is 3. The summed E-state index contributed by atoms with van der Waals surface area (Å²) in [5.74, 6) is 0. The van der Waals surface area contributed by atoms with Crippen LogP contribution in [-0.2, 0) is 0 Å². The van der Waals surface area contributed by atoms with Crippen molar-refractivity contribution in [3.63, 3.8) is 0 Å². The molecule has 0 N–H and O–H groups in total. The summed E-state index contributed by atoms with van der Waals surface area (Å²) in [6.07, 6.45) is 1.95. The van der Waals surface area contributed by atoms with Crippen LogP contribution in [0.5, 0.6) is 0 Å². The highest BCUT2D eigenvalue weighted by Gasteiger charge is 2.03. The highest BCUT2D eigenvalue weighted by Crippen LogP contribution is 2.27. The monoisotopic (exact) mass is 255 g/mol. The minimum absolute atomic E-state index is 1.05. The van der Waals surface area contributed by atoms with E-state index in [2.05, 4.69) is 65.6 Å². The van der Waals surface area contributed by atoms with Gasteiger partial charge in [-0.15, -0.1) is 0 Å². The zero-order valence-electron chi connectivity index (χ0n) is 11.0. The second-order valence-corrected chi connectivity index (χ2v) is 4.94. The molecule has 0 aliphatic carbocycles. The van der Waals surface area contributed by atoms with E-state index in [1.807, 2.05) is 18.3 Å². The van der Waals surface area contributed by atoms with Gasteiger partial charge in [-0.25, -0.2) is 0 Å². The van der Waals surface area contributed by atoms with E-state index in [-0.39, 0.29) is 0 Å². The van der Waals surface area contributed by atoms with E-state index in [4.69, 9.17) is 0 Å². The van der Waals surface area contributed by atoms with Gasteiger partial charge in [0.1, 0.15) is 0 Å². The highest BCUT2D eigenvalue weighted by atomic mass is 14.6. The van der Waals surface area contributed by atoms with Crippen LogP contribution in [0.15, 0.2) is 79.0 Å². The van der Waals surface area contributed by atoms with E-state index in [0.29, 0.717) is 0 Å². The van der Waals surface area contributed by atoms with Crippen molar-refractivity contribution in [2.24, 2.45) is 0 Å². The fourth-order valence-electron chi connectivity index (χ4n) is 2.67. The van der Waals surface area contributed by atoms with Crippen LogP contribution in [0.4, 0.5) is 0 Å². The first-order valence-electron chi connectivity index (χ1n) is 6.75. The topological polar surface area (TPSA) is 12.9 Å². The molecule has 0 saturated carbocycles. The number of nitrogens with zero attached hydrogens (tertiary/aromatic N) is 1. The van der Waals surface area contributed by atoms with Crippen LogP contribution in [0.1, 0.15) is 0 Å². The maximum Gasteiger partial charge on any atom is 0.0714 e. The molecule has 0 aliphatic rings. The molecule has 0 saturated heterocycles. The standard InChI is InChI=1S/C19H13N/c1-2-6-14(7-3-1)15-10-11-18-17-9-5-4-8-16(17)13-20-19(18)12-15/h1-13H. The van der Waals surface area contributed by atoms with Crippen LogP contribution in [-0.4, -0.2) is 4.98 Å². The van der Waals surface area contributed by atoms with Crippen LogP contribution in [0.2, 0.25) is 0 Å². The first-order chi connectivity index (χ1) is 9.92. The zero-order chi connectivity index (χ0) is 13.4. The van der Waals surface area contributed by atoms with Gasteiger partial charge in [0.15, 0.2) is 0 Å². The average Bonchev–Trinajstić information content (AvgIpc) is 2.55. The van der Waals surface area contributed by atoms with Crippen molar-refractivity contribution >= 4 is 21.7 Å². The third-order valence-corrected chi connectivity index (χ3v) is 3.70. The van der Waals surface area contributed by atoms with Crippen molar-refractivity contribution < 1.29 is 0 Å². The van der Waals surface area contributed by atoms with Crippen molar-refractivity contribution in [1.82, 2.24) is 4.98 Å². The lowest BCUT2D eigenvalue weighted by molar-refractivity contribution is 1.44. The van der Waals surface area contributed by atoms with Crippen molar-refractivity contribution in [3.05, 3.63) is 79.0 Å². The lowest BCUT2D eigenvalue weighted by atomic mass is 10.0. The van der Waals surface area contributed by atoms with E-state index >= 15 is 0 Å². The number of hydrogen-bond donors (Lipinski definition) is 0. The molecule has 1 heteroatoms.